The normalized spacial score (nSPS) is 13.7. The molecule has 0 amide bonds. The molecule has 2 aromatic rings. The van der Waals surface area contributed by atoms with Crippen LogP contribution >= 0.6 is 0 Å². The molecule has 4 nitrogen and oxygen atoms in total. The Labute approximate surface area is 100 Å². The van der Waals surface area contributed by atoms with Gasteiger partial charge in [0.25, 0.3) is 5.88 Å². The highest BCUT2D eigenvalue weighted by molar-refractivity contribution is 5.48. The number of ether oxygens (including phenoxy) is 1. The molecule has 3 rings (SSSR count). The van der Waals surface area contributed by atoms with Crippen molar-refractivity contribution in [1.29, 1.82) is 0 Å². The summed E-state index contributed by atoms with van der Waals surface area (Å²) in [7, 11) is 1.83. The molecule has 1 aromatic heterocycles. The second-order valence-electron chi connectivity index (χ2n) is 4.45. The fourth-order valence-corrected chi connectivity index (χ4v) is 2.29. The quantitative estimate of drug-likeness (QED) is 0.859. The lowest BCUT2D eigenvalue weighted by Crippen LogP contribution is -1.92. The molecule has 17 heavy (non-hydrogen) atoms. The van der Waals surface area contributed by atoms with E-state index in [0.29, 0.717) is 11.6 Å². The lowest BCUT2D eigenvalue weighted by Gasteiger charge is -2.05. The minimum Gasteiger partial charge on any atom is -0.436 e. The minimum atomic E-state index is 0.477. The average Bonchev–Trinajstić information content (AvgIpc) is 2.85. The van der Waals surface area contributed by atoms with Crippen LogP contribution in [0.4, 0.5) is 5.69 Å². The molecule has 0 spiro atoms. The first-order chi connectivity index (χ1) is 8.22. The summed E-state index contributed by atoms with van der Waals surface area (Å²) in [5, 5.41) is 4.17. The Morgan fingerprint density at radius 2 is 2.12 bits per heavy atom. The molecular weight excluding hydrogens is 214 g/mol. The Morgan fingerprint density at radius 1 is 1.29 bits per heavy atom. The Hall–Kier alpha value is -1.97. The molecule has 0 atom stereocenters. The molecule has 1 aromatic carbocycles. The number of nitrogens with two attached hydrogens (primary N) is 1. The second kappa shape index (κ2) is 3.80. The van der Waals surface area contributed by atoms with Crippen LogP contribution in [0.1, 0.15) is 17.5 Å². The van der Waals surface area contributed by atoms with Crippen molar-refractivity contribution < 1.29 is 4.74 Å². The zero-order chi connectivity index (χ0) is 11.8. The predicted octanol–water partition coefficient (Wildman–Crippen LogP) is 2.28. The van der Waals surface area contributed by atoms with Crippen LogP contribution in [0.25, 0.3) is 0 Å². The second-order valence-corrected chi connectivity index (χ2v) is 4.45. The van der Waals surface area contributed by atoms with E-state index < -0.39 is 0 Å². The van der Waals surface area contributed by atoms with Crippen molar-refractivity contribution in [3.05, 3.63) is 35.5 Å². The van der Waals surface area contributed by atoms with Gasteiger partial charge in [-0.2, -0.15) is 0 Å². The maximum Gasteiger partial charge on any atom is 0.261 e. The van der Waals surface area contributed by atoms with Gasteiger partial charge >= 0.3 is 0 Å². The molecular formula is C13H15N3O. The fourth-order valence-electron chi connectivity index (χ4n) is 2.29. The topological polar surface area (TPSA) is 53.1 Å². The zero-order valence-electron chi connectivity index (χ0n) is 9.81. The van der Waals surface area contributed by atoms with Gasteiger partial charge < -0.3 is 10.5 Å². The summed E-state index contributed by atoms with van der Waals surface area (Å²) in [6, 6.07) is 6.21. The molecule has 0 fully saturated rings. The highest BCUT2D eigenvalue weighted by Crippen LogP contribution is 2.30. The maximum atomic E-state index is 5.79. The van der Waals surface area contributed by atoms with Crippen molar-refractivity contribution in [3.8, 4) is 11.6 Å². The Bertz CT molecular complexity index is 560. The Kier molecular flexibility index (Phi) is 2.28. The van der Waals surface area contributed by atoms with Crippen molar-refractivity contribution in [2.45, 2.75) is 19.3 Å². The van der Waals surface area contributed by atoms with Gasteiger partial charge in [-0.25, -0.2) is 0 Å². The number of hydrogen-bond donors (Lipinski definition) is 1. The van der Waals surface area contributed by atoms with Gasteiger partial charge in [-0.05, 0) is 42.5 Å². The van der Waals surface area contributed by atoms with Crippen LogP contribution in [0.3, 0.4) is 0 Å². The van der Waals surface area contributed by atoms with E-state index in [2.05, 4.69) is 17.2 Å². The molecule has 0 unspecified atom stereocenters. The van der Waals surface area contributed by atoms with E-state index in [0.717, 1.165) is 12.2 Å². The summed E-state index contributed by atoms with van der Waals surface area (Å²) < 4.78 is 7.35. The summed E-state index contributed by atoms with van der Waals surface area (Å²) in [6.45, 7) is 0. The lowest BCUT2D eigenvalue weighted by molar-refractivity contribution is 0.455. The molecule has 4 heteroatoms. The first-order valence-corrected chi connectivity index (χ1v) is 5.81. The first kappa shape index (κ1) is 10.2. The molecule has 0 bridgehead atoms. The van der Waals surface area contributed by atoms with Crippen molar-refractivity contribution in [3.63, 3.8) is 0 Å². The third-order valence-electron chi connectivity index (χ3n) is 3.11. The molecule has 1 aliphatic rings. The van der Waals surface area contributed by atoms with Gasteiger partial charge in [0.15, 0.2) is 0 Å². The van der Waals surface area contributed by atoms with Gasteiger partial charge in [0.1, 0.15) is 11.4 Å². The minimum absolute atomic E-state index is 0.477. The number of aryl methyl sites for hydroxylation is 3. The van der Waals surface area contributed by atoms with Crippen LogP contribution in [0.15, 0.2) is 24.4 Å². The Balaban J connectivity index is 1.88. The molecule has 1 aliphatic carbocycles. The number of benzene rings is 1. The third kappa shape index (κ3) is 1.86. The van der Waals surface area contributed by atoms with Crippen molar-refractivity contribution in [2.75, 3.05) is 5.73 Å². The number of aromatic nitrogens is 2. The van der Waals surface area contributed by atoms with E-state index in [4.69, 9.17) is 10.5 Å². The molecule has 1 heterocycles. The van der Waals surface area contributed by atoms with Crippen LogP contribution in [-0.4, -0.2) is 9.78 Å². The monoisotopic (exact) mass is 229 g/mol. The zero-order valence-corrected chi connectivity index (χ0v) is 9.81. The highest BCUT2D eigenvalue weighted by Gasteiger charge is 2.13. The van der Waals surface area contributed by atoms with Crippen LogP contribution in [0.5, 0.6) is 11.6 Å². The van der Waals surface area contributed by atoms with Gasteiger partial charge in [0, 0.05) is 7.05 Å². The largest absolute Gasteiger partial charge is 0.436 e. The summed E-state index contributed by atoms with van der Waals surface area (Å²) in [5.41, 5.74) is 9.18. The van der Waals surface area contributed by atoms with E-state index in [1.165, 1.54) is 24.0 Å². The number of fused-ring (bicyclic) bond motifs is 1. The smallest absolute Gasteiger partial charge is 0.261 e. The van der Waals surface area contributed by atoms with Gasteiger partial charge in [-0.15, -0.1) is 5.10 Å². The predicted molar refractivity (Wildman–Crippen MR) is 66.2 cm³/mol. The van der Waals surface area contributed by atoms with E-state index >= 15 is 0 Å². The van der Waals surface area contributed by atoms with Crippen LogP contribution in [0.2, 0.25) is 0 Å². The number of nitrogen functional groups attached to an aromatic ring is 1. The molecule has 0 radical (unpaired) electrons. The SMILES string of the molecule is Cn1cc(N)c(Oc2ccc3c(c2)CCC3)n1. The number of rotatable bonds is 2. The van der Waals surface area contributed by atoms with Crippen molar-refractivity contribution in [1.82, 2.24) is 9.78 Å². The molecule has 2 N–H and O–H groups in total. The van der Waals surface area contributed by atoms with Gasteiger partial charge in [0.2, 0.25) is 0 Å². The van der Waals surface area contributed by atoms with Gasteiger partial charge in [-0.1, -0.05) is 6.07 Å². The summed E-state index contributed by atoms with van der Waals surface area (Å²) >= 11 is 0. The summed E-state index contributed by atoms with van der Waals surface area (Å²) in [4.78, 5) is 0. The van der Waals surface area contributed by atoms with Crippen LogP contribution < -0.4 is 10.5 Å². The van der Waals surface area contributed by atoms with E-state index in [9.17, 15) is 0 Å². The summed E-state index contributed by atoms with van der Waals surface area (Å²) in [6.07, 6.45) is 5.30. The van der Waals surface area contributed by atoms with E-state index in [-0.39, 0.29) is 0 Å². The van der Waals surface area contributed by atoms with Gasteiger partial charge in [0.05, 0.1) is 6.20 Å². The number of nitrogens with zero attached hydrogens (tertiary/aromatic N) is 2. The third-order valence-corrected chi connectivity index (χ3v) is 3.11. The molecule has 0 saturated heterocycles. The van der Waals surface area contributed by atoms with Gasteiger partial charge in [-0.3, -0.25) is 4.68 Å². The van der Waals surface area contributed by atoms with Crippen LogP contribution in [0, 0.1) is 0 Å². The Morgan fingerprint density at radius 3 is 2.88 bits per heavy atom. The molecule has 0 saturated carbocycles. The lowest BCUT2D eigenvalue weighted by atomic mass is 10.1. The van der Waals surface area contributed by atoms with Crippen molar-refractivity contribution in [2.24, 2.45) is 7.05 Å². The first-order valence-electron chi connectivity index (χ1n) is 5.81. The van der Waals surface area contributed by atoms with E-state index in [1.807, 2.05) is 13.1 Å². The fraction of sp³-hybridized carbons (Fsp3) is 0.308. The van der Waals surface area contributed by atoms with Crippen LogP contribution in [-0.2, 0) is 19.9 Å². The van der Waals surface area contributed by atoms with Crippen molar-refractivity contribution >= 4 is 5.69 Å². The maximum absolute atomic E-state index is 5.79. The standard InChI is InChI=1S/C13H15N3O/c1-16-8-12(14)13(15-16)17-11-6-5-9-3-2-4-10(9)7-11/h5-8H,2-4,14H2,1H3. The molecule has 0 aliphatic heterocycles. The molecule has 88 valence electrons. The number of anilines is 1. The highest BCUT2D eigenvalue weighted by atomic mass is 16.5. The number of hydrogen-bond acceptors (Lipinski definition) is 3. The van der Waals surface area contributed by atoms with E-state index in [1.54, 1.807) is 10.9 Å². The average molecular weight is 229 g/mol. The summed E-state index contributed by atoms with van der Waals surface area (Å²) in [5.74, 6) is 1.29.